The maximum absolute atomic E-state index is 13.1. The first-order valence-corrected chi connectivity index (χ1v) is 9.26. The fraction of sp³-hybridized carbons (Fsp3) is 0.571. The Hall–Kier alpha value is -2.35. The maximum atomic E-state index is 13.1. The molecule has 1 aromatic carbocycles. The van der Waals surface area contributed by atoms with Crippen molar-refractivity contribution in [1.29, 1.82) is 5.26 Å². The van der Waals surface area contributed by atoms with Crippen LogP contribution in [0, 0.1) is 24.2 Å². The lowest BCUT2D eigenvalue weighted by molar-refractivity contribution is 0.00253. The van der Waals surface area contributed by atoms with Crippen molar-refractivity contribution in [3.05, 3.63) is 34.9 Å². The van der Waals surface area contributed by atoms with E-state index in [4.69, 9.17) is 4.74 Å². The Morgan fingerprint density at radius 3 is 2.35 bits per heavy atom. The zero-order valence-corrected chi connectivity index (χ0v) is 15.9. The van der Waals surface area contributed by atoms with Gasteiger partial charge in [0.15, 0.2) is 5.78 Å². The molecule has 2 atom stereocenters. The van der Waals surface area contributed by atoms with Crippen molar-refractivity contribution in [2.24, 2.45) is 5.92 Å². The predicted molar refractivity (Wildman–Crippen MR) is 97.8 cm³/mol. The van der Waals surface area contributed by atoms with Crippen LogP contribution in [-0.2, 0) is 4.74 Å². The number of hydrogen-bond acceptors (Lipinski definition) is 4. The minimum Gasteiger partial charge on any atom is -0.444 e. The van der Waals surface area contributed by atoms with E-state index >= 15 is 0 Å². The van der Waals surface area contributed by atoms with Crippen LogP contribution in [0.15, 0.2) is 18.2 Å². The molecule has 26 heavy (non-hydrogen) atoms. The van der Waals surface area contributed by atoms with Crippen LogP contribution in [0.1, 0.15) is 67.9 Å². The molecule has 3 rings (SSSR count). The summed E-state index contributed by atoms with van der Waals surface area (Å²) in [7, 11) is 0. The first-order valence-electron chi connectivity index (χ1n) is 9.26. The molecule has 0 saturated carbocycles. The molecule has 5 heteroatoms. The van der Waals surface area contributed by atoms with Gasteiger partial charge in [0, 0.05) is 23.6 Å². The lowest BCUT2D eigenvalue weighted by atomic mass is 9.83. The molecule has 0 aromatic heterocycles. The standard InChI is InChI=1S/C21H26N2O3/c1-13-14(12-22)6-5-7-18(13)19(24)15-10-16-8-9-17(11-15)23(16)20(25)26-21(2,3)4/h5-7,15-17H,8-11H2,1-4H3. The molecule has 2 bridgehead atoms. The second kappa shape index (κ2) is 6.75. The Morgan fingerprint density at radius 1 is 1.19 bits per heavy atom. The summed E-state index contributed by atoms with van der Waals surface area (Å²) in [5, 5.41) is 9.20. The molecule has 2 aliphatic heterocycles. The van der Waals surface area contributed by atoms with Crippen LogP contribution < -0.4 is 0 Å². The molecule has 1 aromatic rings. The molecule has 0 spiro atoms. The van der Waals surface area contributed by atoms with Gasteiger partial charge >= 0.3 is 6.09 Å². The average Bonchev–Trinajstić information content (AvgIpc) is 2.83. The summed E-state index contributed by atoms with van der Waals surface area (Å²) in [6.07, 6.45) is 2.92. The number of nitrogens with zero attached hydrogens (tertiary/aromatic N) is 2. The highest BCUT2D eigenvalue weighted by molar-refractivity contribution is 5.99. The number of benzene rings is 1. The highest BCUT2D eigenvalue weighted by Gasteiger charge is 2.46. The van der Waals surface area contributed by atoms with Crippen LogP contribution >= 0.6 is 0 Å². The van der Waals surface area contributed by atoms with Gasteiger partial charge in [-0.3, -0.25) is 4.79 Å². The van der Waals surface area contributed by atoms with Gasteiger partial charge in [-0.15, -0.1) is 0 Å². The molecule has 5 nitrogen and oxygen atoms in total. The molecular formula is C21H26N2O3. The predicted octanol–water partition coefficient (Wildman–Crippen LogP) is 4.23. The van der Waals surface area contributed by atoms with Gasteiger partial charge in [0.2, 0.25) is 0 Å². The van der Waals surface area contributed by atoms with Gasteiger partial charge in [0.25, 0.3) is 0 Å². The van der Waals surface area contributed by atoms with Gasteiger partial charge < -0.3 is 9.64 Å². The molecular weight excluding hydrogens is 328 g/mol. The van der Waals surface area contributed by atoms with Crippen molar-refractivity contribution in [1.82, 2.24) is 4.90 Å². The average molecular weight is 354 g/mol. The summed E-state index contributed by atoms with van der Waals surface area (Å²) in [5.74, 6) is -0.000770. The molecule has 2 fully saturated rings. The number of carbonyl (C=O) groups is 2. The number of nitriles is 1. The molecule has 0 aliphatic carbocycles. The van der Waals surface area contributed by atoms with Crippen molar-refractivity contribution in [3.8, 4) is 6.07 Å². The van der Waals surface area contributed by atoms with Crippen LogP contribution in [0.5, 0.6) is 0 Å². The summed E-state index contributed by atoms with van der Waals surface area (Å²) in [4.78, 5) is 27.5. The Labute approximate surface area is 154 Å². The van der Waals surface area contributed by atoms with E-state index in [0.29, 0.717) is 24.0 Å². The largest absolute Gasteiger partial charge is 0.444 e. The summed E-state index contributed by atoms with van der Waals surface area (Å²) < 4.78 is 5.55. The minimum absolute atomic E-state index is 0.0667. The first-order chi connectivity index (χ1) is 12.2. The van der Waals surface area contributed by atoms with Gasteiger partial charge in [-0.05, 0) is 65.0 Å². The fourth-order valence-corrected chi connectivity index (χ4v) is 4.25. The van der Waals surface area contributed by atoms with E-state index in [0.717, 1.165) is 18.4 Å². The Kier molecular flexibility index (Phi) is 4.79. The van der Waals surface area contributed by atoms with Gasteiger partial charge in [-0.2, -0.15) is 5.26 Å². The molecule has 0 N–H and O–H groups in total. The molecule has 2 saturated heterocycles. The van der Waals surface area contributed by atoms with Gasteiger partial charge in [-0.1, -0.05) is 12.1 Å². The lowest BCUT2D eigenvalue weighted by Crippen LogP contribution is -2.49. The van der Waals surface area contributed by atoms with E-state index < -0.39 is 5.60 Å². The number of ether oxygens (including phenoxy) is 1. The maximum Gasteiger partial charge on any atom is 0.410 e. The number of ketones is 1. The van der Waals surface area contributed by atoms with Crippen LogP contribution in [0.3, 0.4) is 0 Å². The second-order valence-corrected chi connectivity index (χ2v) is 8.40. The fourth-order valence-electron chi connectivity index (χ4n) is 4.25. The van der Waals surface area contributed by atoms with E-state index in [9.17, 15) is 14.9 Å². The lowest BCUT2D eigenvalue weighted by Gasteiger charge is -2.39. The Morgan fingerprint density at radius 2 is 1.81 bits per heavy atom. The van der Waals surface area contributed by atoms with E-state index in [-0.39, 0.29) is 29.9 Å². The molecule has 138 valence electrons. The van der Waals surface area contributed by atoms with Gasteiger partial charge in [0.1, 0.15) is 5.60 Å². The SMILES string of the molecule is Cc1c(C#N)cccc1C(=O)C1CC2CCC(C1)N2C(=O)OC(C)(C)C. The summed E-state index contributed by atoms with van der Waals surface area (Å²) in [6, 6.07) is 7.59. The number of Topliss-reactive ketones (excluding diaryl/α,β-unsaturated/α-hetero) is 1. The first kappa shape index (κ1) is 18.4. The zero-order chi connectivity index (χ0) is 19.1. The Bertz CT molecular complexity index is 758. The zero-order valence-electron chi connectivity index (χ0n) is 15.9. The van der Waals surface area contributed by atoms with Crippen LogP contribution in [0.4, 0.5) is 4.79 Å². The topological polar surface area (TPSA) is 70.4 Å². The quantitative estimate of drug-likeness (QED) is 0.745. The Balaban J connectivity index is 1.76. The van der Waals surface area contributed by atoms with Crippen molar-refractivity contribution in [2.45, 2.75) is 71.1 Å². The van der Waals surface area contributed by atoms with Gasteiger partial charge in [0.05, 0.1) is 11.6 Å². The molecule has 1 amide bonds. The molecule has 2 aliphatic rings. The van der Waals surface area contributed by atoms with Crippen molar-refractivity contribution in [2.75, 3.05) is 0 Å². The highest BCUT2D eigenvalue weighted by Crippen LogP contribution is 2.41. The van der Waals surface area contributed by atoms with Crippen molar-refractivity contribution in [3.63, 3.8) is 0 Å². The second-order valence-electron chi connectivity index (χ2n) is 8.40. The summed E-state index contributed by atoms with van der Waals surface area (Å²) in [5.41, 5.74) is 1.42. The number of hydrogen-bond donors (Lipinski definition) is 0. The highest BCUT2D eigenvalue weighted by atomic mass is 16.6. The summed E-state index contributed by atoms with van der Waals surface area (Å²) >= 11 is 0. The number of piperidine rings is 1. The molecule has 2 unspecified atom stereocenters. The van der Waals surface area contributed by atoms with E-state index in [1.807, 2.05) is 32.6 Å². The third kappa shape index (κ3) is 3.46. The number of rotatable bonds is 2. The number of fused-ring (bicyclic) bond motifs is 2. The molecule has 0 radical (unpaired) electrons. The smallest absolute Gasteiger partial charge is 0.410 e. The van der Waals surface area contributed by atoms with E-state index in [2.05, 4.69) is 6.07 Å². The number of amides is 1. The van der Waals surface area contributed by atoms with Gasteiger partial charge in [-0.25, -0.2) is 4.79 Å². The monoisotopic (exact) mass is 354 g/mol. The third-order valence-electron chi connectivity index (χ3n) is 5.43. The van der Waals surface area contributed by atoms with E-state index in [1.54, 1.807) is 18.2 Å². The van der Waals surface area contributed by atoms with E-state index in [1.165, 1.54) is 0 Å². The molecule has 2 heterocycles. The summed E-state index contributed by atoms with van der Waals surface area (Å²) in [6.45, 7) is 7.44. The van der Waals surface area contributed by atoms with Crippen molar-refractivity contribution < 1.29 is 14.3 Å². The third-order valence-corrected chi connectivity index (χ3v) is 5.43. The van der Waals surface area contributed by atoms with Crippen LogP contribution in [-0.4, -0.2) is 34.5 Å². The minimum atomic E-state index is -0.516. The number of carbonyl (C=O) groups excluding carboxylic acids is 2. The van der Waals surface area contributed by atoms with Crippen LogP contribution in [0.2, 0.25) is 0 Å². The normalized spacial score (nSPS) is 24.9. The van der Waals surface area contributed by atoms with Crippen molar-refractivity contribution >= 4 is 11.9 Å². The van der Waals surface area contributed by atoms with Crippen LogP contribution in [0.25, 0.3) is 0 Å².